The van der Waals surface area contributed by atoms with Crippen molar-refractivity contribution in [3.63, 3.8) is 0 Å². The number of hydrogen-bond donors (Lipinski definition) is 1. The molecule has 0 spiro atoms. The van der Waals surface area contributed by atoms with Crippen molar-refractivity contribution in [3.8, 4) is 0 Å². The Balaban J connectivity index is 1.94. The van der Waals surface area contributed by atoms with Crippen molar-refractivity contribution in [2.45, 2.75) is 32.7 Å². The van der Waals surface area contributed by atoms with E-state index in [9.17, 15) is 0 Å². The van der Waals surface area contributed by atoms with Crippen molar-refractivity contribution >= 4 is 5.69 Å². The highest BCUT2D eigenvalue weighted by Crippen LogP contribution is 2.27. The fourth-order valence-electron chi connectivity index (χ4n) is 2.35. The fourth-order valence-corrected chi connectivity index (χ4v) is 2.35. The first-order valence-electron chi connectivity index (χ1n) is 6.19. The van der Waals surface area contributed by atoms with E-state index in [-0.39, 0.29) is 0 Å². The smallest absolute Gasteiger partial charge is 0.0346 e. The average molecular weight is 218 g/mol. The third-order valence-electron chi connectivity index (χ3n) is 3.72. The van der Waals surface area contributed by atoms with E-state index in [4.69, 9.17) is 5.73 Å². The van der Waals surface area contributed by atoms with Gasteiger partial charge in [-0.2, -0.15) is 0 Å². The first kappa shape index (κ1) is 11.5. The summed E-state index contributed by atoms with van der Waals surface area (Å²) in [6.07, 6.45) is 4.26. The molecule has 2 nitrogen and oxygen atoms in total. The zero-order valence-corrected chi connectivity index (χ0v) is 10.4. The zero-order chi connectivity index (χ0) is 11.5. The largest absolute Gasteiger partial charge is 0.399 e. The van der Waals surface area contributed by atoms with Gasteiger partial charge >= 0.3 is 0 Å². The number of anilines is 1. The summed E-state index contributed by atoms with van der Waals surface area (Å²) in [5.74, 6) is 0.936. The van der Waals surface area contributed by atoms with Crippen LogP contribution in [0.3, 0.4) is 0 Å². The normalized spacial score (nSPS) is 16.4. The number of rotatable bonds is 4. The van der Waals surface area contributed by atoms with Crippen LogP contribution in [0, 0.1) is 12.8 Å². The minimum atomic E-state index is 0.912. The Morgan fingerprint density at radius 2 is 2.12 bits per heavy atom. The third kappa shape index (κ3) is 2.56. The molecule has 0 aromatic heterocycles. The molecule has 1 aromatic rings. The van der Waals surface area contributed by atoms with Gasteiger partial charge in [0.1, 0.15) is 0 Å². The molecule has 0 unspecified atom stereocenters. The molecule has 88 valence electrons. The van der Waals surface area contributed by atoms with Crippen LogP contribution in [0.4, 0.5) is 5.69 Å². The van der Waals surface area contributed by atoms with Crippen LogP contribution in [0.2, 0.25) is 0 Å². The van der Waals surface area contributed by atoms with Crippen LogP contribution in [0.1, 0.15) is 30.4 Å². The number of benzene rings is 1. The Kier molecular flexibility index (Phi) is 3.49. The fraction of sp³-hybridized carbons (Fsp3) is 0.571. The van der Waals surface area contributed by atoms with E-state index in [1.807, 2.05) is 6.07 Å². The van der Waals surface area contributed by atoms with E-state index in [0.717, 1.165) is 18.2 Å². The van der Waals surface area contributed by atoms with Crippen LogP contribution in [-0.4, -0.2) is 18.5 Å². The SMILES string of the molecule is Cc1c(N)cccc1CN(C)CC1CCC1. The Bertz CT molecular complexity index is 356. The molecule has 1 aliphatic carbocycles. The molecule has 0 radical (unpaired) electrons. The maximum Gasteiger partial charge on any atom is 0.0346 e. The van der Waals surface area contributed by atoms with Crippen LogP contribution in [0.15, 0.2) is 18.2 Å². The Labute approximate surface area is 98.4 Å². The predicted molar refractivity (Wildman–Crippen MR) is 69.3 cm³/mol. The van der Waals surface area contributed by atoms with Gasteiger partial charge in [0.25, 0.3) is 0 Å². The summed E-state index contributed by atoms with van der Waals surface area (Å²) in [4.78, 5) is 2.42. The lowest BCUT2D eigenvalue weighted by Crippen LogP contribution is -2.29. The monoisotopic (exact) mass is 218 g/mol. The van der Waals surface area contributed by atoms with Gasteiger partial charge in [0.05, 0.1) is 0 Å². The molecule has 0 saturated heterocycles. The summed E-state index contributed by atoms with van der Waals surface area (Å²) in [6.45, 7) is 4.36. The molecule has 0 bridgehead atoms. The number of nitrogens with two attached hydrogens (primary N) is 1. The molecule has 1 aromatic carbocycles. The summed E-state index contributed by atoms with van der Waals surface area (Å²) in [5.41, 5.74) is 9.43. The highest BCUT2D eigenvalue weighted by molar-refractivity contribution is 5.49. The molecular formula is C14H22N2. The first-order chi connectivity index (χ1) is 7.66. The van der Waals surface area contributed by atoms with Crippen molar-refractivity contribution in [1.29, 1.82) is 0 Å². The Morgan fingerprint density at radius 1 is 1.38 bits per heavy atom. The molecule has 2 N–H and O–H groups in total. The molecular weight excluding hydrogens is 196 g/mol. The van der Waals surface area contributed by atoms with Crippen molar-refractivity contribution in [1.82, 2.24) is 4.90 Å². The second-order valence-electron chi connectivity index (χ2n) is 5.13. The molecule has 0 heterocycles. The van der Waals surface area contributed by atoms with Gasteiger partial charge in [-0.3, -0.25) is 0 Å². The van der Waals surface area contributed by atoms with Gasteiger partial charge in [-0.25, -0.2) is 0 Å². The maximum atomic E-state index is 5.92. The topological polar surface area (TPSA) is 29.3 Å². The zero-order valence-electron chi connectivity index (χ0n) is 10.4. The van der Waals surface area contributed by atoms with Gasteiger partial charge in [-0.05, 0) is 49.9 Å². The van der Waals surface area contributed by atoms with Gasteiger partial charge in [-0.1, -0.05) is 18.6 Å². The summed E-state index contributed by atoms with van der Waals surface area (Å²) in [6, 6.07) is 6.21. The lowest BCUT2D eigenvalue weighted by molar-refractivity contribution is 0.200. The quantitative estimate of drug-likeness (QED) is 0.787. The summed E-state index contributed by atoms with van der Waals surface area (Å²) in [7, 11) is 2.21. The van der Waals surface area contributed by atoms with Crippen molar-refractivity contribution in [3.05, 3.63) is 29.3 Å². The van der Waals surface area contributed by atoms with Gasteiger partial charge in [0, 0.05) is 18.8 Å². The molecule has 1 aliphatic rings. The Hall–Kier alpha value is -1.02. The van der Waals surface area contributed by atoms with Crippen LogP contribution in [0.5, 0.6) is 0 Å². The van der Waals surface area contributed by atoms with Crippen LogP contribution in [0.25, 0.3) is 0 Å². The molecule has 2 heteroatoms. The maximum absolute atomic E-state index is 5.92. The molecule has 2 rings (SSSR count). The third-order valence-corrected chi connectivity index (χ3v) is 3.72. The van der Waals surface area contributed by atoms with Gasteiger partial charge in [-0.15, -0.1) is 0 Å². The second kappa shape index (κ2) is 4.88. The molecule has 0 atom stereocenters. The van der Waals surface area contributed by atoms with Crippen molar-refractivity contribution in [2.24, 2.45) is 5.92 Å². The van der Waals surface area contributed by atoms with Crippen molar-refractivity contribution < 1.29 is 0 Å². The summed E-state index contributed by atoms with van der Waals surface area (Å²) in [5, 5.41) is 0. The van der Waals surface area contributed by atoms with Crippen LogP contribution in [-0.2, 0) is 6.54 Å². The van der Waals surface area contributed by atoms with E-state index in [2.05, 4.69) is 31.0 Å². The molecule has 0 amide bonds. The van der Waals surface area contributed by atoms with E-state index in [0.29, 0.717) is 0 Å². The molecule has 1 fully saturated rings. The lowest BCUT2D eigenvalue weighted by atomic mass is 9.85. The van der Waals surface area contributed by atoms with E-state index >= 15 is 0 Å². The number of nitrogens with zero attached hydrogens (tertiary/aromatic N) is 1. The Morgan fingerprint density at radius 3 is 2.75 bits per heavy atom. The van der Waals surface area contributed by atoms with Gasteiger partial charge in [0.2, 0.25) is 0 Å². The average Bonchev–Trinajstić information content (AvgIpc) is 2.19. The van der Waals surface area contributed by atoms with Crippen LogP contribution < -0.4 is 5.73 Å². The predicted octanol–water partition coefficient (Wildman–Crippen LogP) is 2.81. The first-order valence-corrected chi connectivity index (χ1v) is 6.19. The summed E-state index contributed by atoms with van der Waals surface area (Å²) < 4.78 is 0. The molecule has 0 aliphatic heterocycles. The second-order valence-corrected chi connectivity index (χ2v) is 5.13. The number of hydrogen-bond acceptors (Lipinski definition) is 2. The highest BCUT2D eigenvalue weighted by atomic mass is 15.1. The minimum Gasteiger partial charge on any atom is -0.399 e. The lowest BCUT2D eigenvalue weighted by Gasteiger charge is -2.30. The standard InChI is InChI=1S/C14H22N2/c1-11-13(7-4-8-14(11)15)10-16(2)9-12-5-3-6-12/h4,7-8,12H,3,5-6,9-10,15H2,1-2H3. The molecule has 1 saturated carbocycles. The van der Waals surface area contributed by atoms with Gasteiger partial charge in [0.15, 0.2) is 0 Å². The summed E-state index contributed by atoms with van der Waals surface area (Å²) >= 11 is 0. The highest BCUT2D eigenvalue weighted by Gasteiger charge is 2.19. The van der Waals surface area contributed by atoms with E-state index < -0.39 is 0 Å². The van der Waals surface area contributed by atoms with Gasteiger partial charge < -0.3 is 10.6 Å². The van der Waals surface area contributed by atoms with E-state index in [1.165, 1.54) is 36.9 Å². The van der Waals surface area contributed by atoms with Crippen LogP contribution >= 0.6 is 0 Å². The van der Waals surface area contributed by atoms with Crippen molar-refractivity contribution in [2.75, 3.05) is 19.3 Å². The molecule has 16 heavy (non-hydrogen) atoms. The minimum absolute atomic E-state index is 0.912. The van der Waals surface area contributed by atoms with E-state index in [1.54, 1.807) is 0 Å². The number of nitrogen functional groups attached to an aromatic ring is 1.